The highest BCUT2D eigenvalue weighted by Crippen LogP contribution is 2.20. The van der Waals surface area contributed by atoms with Gasteiger partial charge in [-0.2, -0.15) is 0 Å². The van der Waals surface area contributed by atoms with Crippen molar-refractivity contribution >= 4 is 5.97 Å². The third-order valence-corrected chi connectivity index (χ3v) is 2.71. The maximum atomic E-state index is 10.7. The van der Waals surface area contributed by atoms with Gasteiger partial charge in [-0.1, -0.05) is 19.3 Å². The van der Waals surface area contributed by atoms with Gasteiger partial charge in [0, 0.05) is 0 Å². The average Bonchev–Trinajstić information content (AvgIpc) is 2.28. The summed E-state index contributed by atoms with van der Waals surface area (Å²) < 4.78 is 5.54. The molecule has 6 nitrogen and oxygen atoms in total. The van der Waals surface area contributed by atoms with Crippen molar-refractivity contribution in [1.29, 1.82) is 0 Å². The van der Waals surface area contributed by atoms with E-state index in [1.807, 2.05) is 0 Å². The van der Waals surface area contributed by atoms with Crippen LogP contribution >= 0.6 is 0 Å². The Morgan fingerprint density at radius 1 is 1.38 bits per heavy atom. The van der Waals surface area contributed by atoms with Crippen molar-refractivity contribution in [1.82, 2.24) is 5.43 Å². The van der Waals surface area contributed by atoms with Crippen molar-refractivity contribution < 1.29 is 14.6 Å². The second-order valence-corrected chi connectivity index (χ2v) is 3.92. The van der Waals surface area contributed by atoms with Gasteiger partial charge in [0.1, 0.15) is 0 Å². The Morgan fingerprint density at radius 3 is 2.50 bits per heavy atom. The molecule has 0 aliphatic heterocycles. The quantitative estimate of drug-likeness (QED) is 0.301. The van der Waals surface area contributed by atoms with Crippen molar-refractivity contribution in [3.05, 3.63) is 11.4 Å². The topological polar surface area (TPSA) is 111 Å². The predicted octanol–water partition coefficient (Wildman–Crippen LogP) is 0.0539. The highest BCUT2D eigenvalue weighted by Gasteiger charge is 2.16. The van der Waals surface area contributed by atoms with E-state index < -0.39 is 5.97 Å². The van der Waals surface area contributed by atoms with E-state index in [-0.39, 0.29) is 24.1 Å². The molecular weight excluding hydrogens is 210 g/mol. The second-order valence-electron chi connectivity index (χ2n) is 3.92. The van der Waals surface area contributed by atoms with Gasteiger partial charge in [-0.05, 0) is 12.8 Å². The van der Waals surface area contributed by atoms with Gasteiger partial charge in [-0.15, -0.1) is 0 Å². The zero-order valence-corrected chi connectivity index (χ0v) is 9.24. The first-order chi connectivity index (χ1) is 7.65. The SMILES string of the molecule is NN/C(C(=O)O)=C(\N)COC1CCCCC1. The van der Waals surface area contributed by atoms with Crippen LogP contribution in [0.25, 0.3) is 0 Å². The van der Waals surface area contributed by atoms with E-state index in [2.05, 4.69) is 5.43 Å². The van der Waals surface area contributed by atoms with Crippen LogP contribution in [-0.4, -0.2) is 23.8 Å². The number of carboxylic acids is 1. The second kappa shape index (κ2) is 6.34. The minimum atomic E-state index is -1.17. The van der Waals surface area contributed by atoms with Crippen LogP contribution in [0.15, 0.2) is 11.4 Å². The number of rotatable bonds is 5. The lowest BCUT2D eigenvalue weighted by atomic mass is 9.98. The van der Waals surface area contributed by atoms with Gasteiger partial charge in [0.05, 0.1) is 18.4 Å². The molecule has 0 aromatic carbocycles. The molecule has 0 radical (unpaired) electrons. The first kappa shape index (κ1) is 12.8. The highest BCUT2D eigenvalue weighted by atomic mass is 16.5. The predicted molar refractivity (Wildman–Crippen MR) is 59.0 cm³/mol. The van der Waals surface area contributed by atoms with Crippen LogP contribution in [0.4, 0.5) is 0 Å². The molecular formula is C10H19N3O3. The van der Waals surface area contributed by atoms with Crippen LogP contribution in [0, 0.1) is 0 Å². The number of nitrogens with one attached hydrogen (secondary N) is 1. The van der Waals surface area contributed by atoms with Gasteiger partial charge in [0.25, 0.3) is 0 Å². The fourth-order valence-electron chi connectivity index (χ4n) is 1.80. The molecule has 6 N–H and O–H groups in total. The Hall–Kier alpha value is -1.27. The summed E-state index contributed by atoms with van der Waals surface area (Å²) in [5.41, 5.74) is 7.57. The summed E-state index contributed by atoms with van der Waals surface area (Å²) in [6, 6.07) is 0. The fourth-order valence-corrected chi connectivity index (χ4v) is 1.80. The van der Waals surface area contributed by atoms with Crippen LogP contribution in [-0.2, 0) is 9.53 Å². The standard InChI is InChI=1S/C10H19N3O3/c11-8(9(13-12)10(14)15)6-16-7-4-2-1-3-5-7/h7,13H,1-6,11-12H2,(H,14,15)/b9-8-. The molecule has 0 unspecified atom stereocenters. The number of carbonyl (C=O) groups is 1. The first-order valence-corrected chi connectivity index (χ1v) is 5.45. The minimum Gasteiger partial charge on any atom is -0.476 e. The Kier molecular flexibility index (Phi) is 5.07. The highest BCUT2D eigenvalue weighted by molar-refractivity contribution is 5.86. The summed E-state index contributed by atoms with van der Waals surface area (Å²) in [6.07, 6.45) is 5.80. The van der Waals surface area contributed by atoms with Crippen LogP contribution in [0.5, 0.6) is 0 Å². The van der Waals surface area contributed by atoms with Gasteiger partial charge in [0.15, 0.2) is 5.70 Å². The average molecular weight is 229 g/mol. The van der Waals surface area contributed by atoms with Crippen molar-refractivity contribution in [3.63, 3.8) is 0 Å². The largest absolute Gasteiger partial charge is 0.476 e. The number of hydrazine groups is 1. The molecule has 0 bridgehead atoms. The Bertz CT molecular complexity index is 272. The van der Waals surface area contributed by atoms with Crippen molar-refractivity contribution in [2.75, 3.05) is 6.61 Å². The van der Waals surface area contributed by atoms with E-state index in [9.17, 15) is 4.79 Å². The van der Waals surface area contributed by atoms with E-state index >= 15 is 0 Å². The molecule has 0 aromatic rings. The summed E-state index contributed by atoms with van der Waals surface area (Å²) in [5.74, 6) is 3.89. The van der Waals surface area contributed by atoms with E-state index in [0.717, 1.165) is 25.7 Å². The van der Waals surface area contributed by atoms with E-state index in [1.54, 1.807) is 0 Å². The third kappa shape index (κ3) is 3.71. The van der Waals surface area contributed by atoms with Crippen molar-refractivity contribution in [2.24, 2.45) is 11.6 Å². The van der Waals surface area contributed by atoms with Crippen LogP contribution in [0.1, 0.15) is 32.1 Å². The third-order valence-electron chi connectivity index (χ3n) is 2.71. The molecule has 92 valence electrons. The smallest absolute Gasteiger partial charge is 0.355 e. The molecule has 0 aromatic heterocycles. The van der Waals surface area contributed by atoms with Gasteiger partial charge in [-0.3, -0.25) is 5.84 Å². The molecule has 1 aliphatic rings. The van der Waals surface area contributed by atoms with Crippen LogP contribution in [0.2, 0.25) is 0 Å². The Balaban J connectivity index is 2.43. The van der Waals surface area contributed by atoms with Crippen molar-refractivity contribution in [2.45, 2.75) is 38.2 Å². The number of hydrogen-bond donors (Lipinski definition) is 4. The maximum absolute atomic E-state index is 10.7. The zero-order valence-electron chi connectivity index (χ0n) is 9.24. The Morgan fingerprint density at radius 2 is 2.00 bits per heavy atom. The summed E-state index contributed by atoms with van der Waals surface area (Å²) in [7, 11) is 0. The molecule has 0 spiro atoms. The lowest BCUT2D eigenvalue weighted by Gasteiger charge is -2.22. The molecule has 0 saturated heterocycles. The summed E-state index contributed by atoms with van der Waals surface area (Å²) in [6.45, 7) is 0.108. The molecule has 0 heterocycles. The normalized spacial score (nSPS) is 19.1. The van der Waals surface area contributed by atoms with Crippen molar-refractivity contribution in [3.8, 4) is 0 Å². The fraction of sp³-hybridized carbons (Fsp3) is 0.700. The first-order valence-electron chi connectivity index (χ1n) is 5.45. The molecule has 1 saturated carbocycles. The molecule has 0 atom stereocenters. The van der Waals surface area contributed by atoms with Gasteiger partial charge >= 0.3 is 5.97 Å². The summed E-state index contributed by atoms with van der Waals surface area (Å²) in [4.78, 5) is 10.7. The summed E-state index contributed by atoms with van der Waals surface area (Å²) >= 11 is 0. The van der Waals surface area contributed by atoms with Gasteiger partial charge in [-0.25, -0.2) is 4.79 Å². The number of aliphatic carboxylic acids is 1. The minimum absolute atomic E-state index is 0.108. The lowest BCUT2D eigenvalue weighted by Crippen LogP contribution is -2.32. The molecule has 16 heavy (non-hydrogen) atoms. The number of carboxylic acid groups (broad SMARTS) is 1. The number of hydrogen-bond acceptors (Lipinski definition) is 5. The monoisotopic (exact) mass is 229 g/mol. The molecule has 1 rings (SSSR count). The van der Waals surface area contributed by atoms with E-state index in [1.165, 1.54) is 6.42 Å². The maximum Gasteiger partial charge on any atom is 0.355 e. The molecule has 1 fully saturated rings. The van der Waals surface area contributed by atoms with Crippen LogP contribution in [0.3, 0.4) is 0 Å². The summed E-state index contributed by atoms with van der Waals surface area (Å²) in [5, 5.41) is 8.74. The molecule has 1 aliphatic carbocycles. The number of nitrogens with two attached hydrogens (primary N) is 2. The number of ether oxygens (including phenoxy) is 1. The Labute approximate surface area is 94.6 Å². The lowest BCUT2D eigenvalue weighted by molar-refractivity contribution is -0.133. The molecule has 6 heteroatoms. The van der Waals surface area contributed by atoms with Gasteiger partial charge < -0.3 is 21.0 Å². The zero-order chi connectivity index (χ0) is 12.0. The van der Waals surface area contributed by atoms with E-state index in [0.29, 0.717) is 0 Å². The molecule has 0 amide bonds. The van der Waals surface area contributed by atoms with Gasteiger partial charge in [0.2, 0.25) is 0 Å². The van der Waals surface area contributed by atoms with Crippen LogP contribution < -0.4 is 17.0 Å². The van der Waals surface area contributed by atoms with E-state index in [4.69, 9.17) is 21.4 Å².